The lowest BCUT2D eigenvalue weighted by Gasteiger charge is -2.10. The number of ether oxygens (including phenoxy) is 1. The van der Waals surface area contributed by atoms with Gasteiger partial charge in [0, 0.05) is 33.7 Å². The van der Waals surface area contributed by atoms with Crippen LogP contribution in [0.15, 0.2) is 0 Å². The third-order valence-electron chi connectivity index (χ3n) is 1.75. The highest BCUT2D eigenvalue weighted by Gasteiger charge is 2.01. The SMILES string of the molecule is CNC(=O)CCNCC(C)COC. The maximum Gasteiger partial charge on any atom is 0.221 e. The molecule has 78 valence electrons. The fourth-order valence-electron chi connectivity index (χ4n) is 1.02. The monoisotopic (exact) mass is 188 g/mol. The van der Waals surface area contributed by atoms with Crippen LogP contribution in [0.2, 0.25) is 0 Å². The predicted octanol–water partition coefficient (Wildman–Crippen LogP) is -0.00540. The average molecular weight is 188 g/mol. The van der Waals surface area contributed by atoms with E-state index in [-0.39, 0.29) is 5.91 Å². The molecule has 1 unspecified atom stereocenters. The first kappa shape index (κ1) is 12.4. The lowest BCUT2D eigenvalue weighted by molar-refractivity contribution is -0.120. The molecule has 0 fully saturated rings. The molecule has 0 rings (SSSR count). The number of nitrogens with one attached hydrogen (secondary N) is 2. The van der Waals surface area contributed by atoms with Crippen molar-refractivity contribution in [2.24, 2.45) is 5.92 Å². The molecule has 0 saturated carbocycles. The van der Waals surface area contributed by atoms with E-state index >= 15 is 0 Å². The first-order chi connectivity index (χ1) is 6.20. The van der Waals surface area contributed by atoms with Gasteiger partial charge in [0.25, 0.3) is 0 Å². The molecule has 4 heteroatoms. The first-order valence-corrected chi connectivity index (χ1v) is 4.61. The van der Waals surface area contributed by atoms with Crippen molar-refractivity contribution >= 4 is 5.91 Å². The summed E-state index contributed by atoms with van der Waals surface area (Å²) >= 11 is 0. The van der Waals surface area contributed by atoms with E-state index in [2.05, 4.69) is 17.6 Å². The van der Waals surface area contributed by atoms with Gasteiger partial charge in [-0.05, 0) is 12.5 Å². The molecule has 1 amide bonds. The molecule has 4 nitrogen and oxygen atoms in total. The molecule has 0 aliphatic carbocycles. The van der Waals surface area contributed by atoms with E-state index in [1.807, 2.05) is 0 Å². The van der Waals surface area contributed by atoms with Crippen molar-refractivity contribution in [1.82, 2.24) is 10.6 Å². The summed E-state index contributed by atoms with van der Waals surface area (Å²) in [5.74, 6) is 0.571. The number of rotatable bonds is 7. The number of carbonyl (C=O) groups is 1. The summed E-state index contributed by atoms with van der Waals surface area (Å²) in [7, 11) is 3.34. The summed E-state index contributed by atoms with van der Waals surface area (Å²) in [4.78, 5) is 10.8. The number of hydrogen-bond donors (Lipinski definition) is 2. The number of methoxy groups -OCH3 is 1. The van der Waals surface area contributed by atoms with Crippen LogP contribution < -0.4 is 10.6 Å². The maximum absolute atomic E-state index is 10.8. The molecule has 0 aliphatic heterocycles. The Bertz CT molecular complexity index is 140. The molecule has 0 aliphatic rings. The number of hydrogen-bond acceptors (Lipinski definition) is 3. The van der Waals surface area contributed by atoms with Gasteiger partial charge in [-0.1, -0.05) is 6.92 Å². The van der Waals surface area contributed by atoms with Crippen molar-refractivity contribution < 1.29 is 9.53 Å². The van der Waals surface area contributed by atoms with Crippen LogP contribution in [0, 0.1) is 5.92 Å². The Kier molecular flexibility index (Phi) is 7.63. The van der Waals surface area contributed by atoms with Gasteiger partial charge in [-0.3, -0.25) is 4.79 Å². The lowest BCUT2D eigenvalue weighted by atomic mass is 10.2. The van der Waals surface area contributed by atoms with E-state index in [0.717, 1.165) is 19.7 Å². The minimum atomic E-state index is 0.0758. The van der Waals surface area contributed by atoms with Crippen LogP contribution in [0.5, 0.6) is 0 Å². The minimum Gasteiger partial charge on any atom is -0.384 e. The average Bonchev–Trinajstić information content (AvgIpc) is 2.12. The van der Waals surface area contributed by atoms with Gasteiger partial charge in [0.05, 0.1) is 0 Å². The van der Waals surface area contributed by atoms with E-state index in [4.69, 9.17) is 4.74 Å². The van der Waals surface area contributed by atoms with Gasteiger partial charge in [0.15, 0.2) is 0 Å². The molecule has 0 bridgehead atoms. The molecule has 0 aromatic carbocycles. The maximum atomic E-state index is 10.8. The summed E-state index contributed by atoms with van der Waals surface area (Å²) in [6, 6.07) is 0. The van der Waals surface area contributed by atoms with E-state index < -0.39 is 0 Å². The second-order valence-electron chi connectivity index (χ2n) is 3.19. The topological polar surface area (TPSA) is 50.4 Å². The molecule has 1 atom stereocenters. The molecule has 0 aromatic rings. The van der Waals surface area contributed by atoms with E-state index in [1.54, 1.807) is 14.2 Å². The Labute approximate surface area is 80.0 Å². The van der Waals surface area contributed by atoms with Crippen molar-refractivity contribution in [2.75, 3.05) is 33.9 Å². The van der Waals surface area contributed by atoms with E-state index in [9.17, 15) is 4.79 Å². The summed E-state index contributed by atoms with van der Waals surface area (Å²) in [6.07, 6.45) is 0.538. The van der Waals surface area contributed by atoms with Crippen LogP contribution in [-0.4, -0.2) is 39.8 Å². The zero-order valence-electron chi connectivity index (χ0n) is 8.72. The van der Waals surface area contributed by atoms with Gasteiger partial charge >= 0.3 is 0 Å². The highest BCUT2D eigenvalue weighted by atomic mass is 16.5. The van der Waals surface area contributed by atoms with Gasteiger partial charge in [0.1, 0.15) is 0 Å². The third kappa shape index (κ3) is 7.74. The van der Waals surface area contributed by atoms with Crippen molar-refractivity contribution in [3.05, 3.63) is 0 Å². The van der Waals surface area contributed by atoms with Gasteiger partial charge in [-0.2, -0.15) is 0 Å². The smallest absolute Gasteiger partial charge is 0.221 e. The summed E-state index contributed by atoms with van der Waals surface area (Å²) in [5.41, 5.74) is 0. The Balaban J connectivity index is 3.20. The fourth-order valence-corrected chi connectivity index (χ4v) is 1.02. The zero-order chi connectivity index (χ0) is 10.1. The van der Waals surface area contributed by atoms with Gasteiger partial charge in [0.2, 0.25) is 5.91 Å². The minimum absolute atomic E-state index is 0.0758. The van der Waals surface area contributed by atoms with Crippen LogP contribution in [0.4, 0.5) is 0 Å². The second kappa shape index (κ2) is 8.01. The molecule has 13 heavy (non-hydrogen) atoms. The Morgan fingerprint density at radius 1 is 1.54 bits per heavy atom. The van der Waals surface area contributed by atoms with Crippen molar-refractivity contribution in [1.29, 1.82) is 0 Å². The fraction of sp³-hybridized carbons (Fsp3) is 0.889. The number of carbonyl (C=O) groups excluding carboxylic acids is 1. The zero-order valence-corrected chi connectivity index (χ0v) is 8.72. The van der Waals surface area contributed by atoms with Crippen molar-refractivity contribution in [2.45, 2.75) is 13.3 Å². The Morgan fingerprint density at radius 2 is 2.23 bits per heavy atom. The normalized spacial score (nSPS) is 12.5. The quantitative estimate of drug-likeness (QED) is 0.553. The number of amides is 1. The molecule has 0 aromatic heterocycles. The van der Waals surface area contributed by atoms with Gasteiger partial charge in [-0.15, -0.1) is 0 Å². The lowest BCUT2D eigenvalue weighted by Crippen LogP contribution is -2.28. The van der Waals surface area contributed by atoms with Crippen LogP contribution >= 0.6 is 0 Å². The van der Waals surface area contributed by atoms with Crippen molar-refractivity contribution in [3.63, 3.8) is 0 Å². The standard InChI is InChI=1S/C9H20N2O2/c1-8(7-13-3)6-11-5-4-9(12)10-2/h8,11H,4-7H2,1-3H3,(H,10,12). The summed E-state index contributed by atoms with van der Waals surface area (Å²) in [5, 5.41) is 5.77. The molecule has 2 N–H and O–H groups in total. The van der Waals surface area contributed by atoms with Crippen LogP contribution in [0.25, 0.3) is 0 Å². The molecule has 0 spiro atoms. The van der Waals surface area contributed by atoms with Gasteiger partial charge in [-0.25, -0.2) is 0 Å². The first-order valence-electron chi connectivity index (χ1n) is 4.61. The highest BCUT2D eigenvalue weighted by molar-refractivity contribution is 5.75. The van der Waals surface area contributed by atoms with E-state index in [1.165, 1.54) is 0 Å². The van der Waals surface area contributed by atoms with Crippen LogP contribution in [0.3, 0.4) is 0 Å². The molecular weight excluding hydrogens is 168 g/mol. The van der Waals surface area contributed by atoms with Crippen LogP contribution in [0.1, 0.15) is 13.3 Å². The predicted molar refractivity (Wildman–Crippen MR) is 52.6 cm³/mol. The third-order valence-corrected chi connectivity index (χ3v) is 1.75. The van der Waals surface area contributed by atoms with Crippen LogP contribution in [-0.2, 0) is 9.53 Å². The van der Waals surface area contributed by atoms with Gasteiger partial charge < -0.3 is 15.4 Å². The molecule has 0 radical (unpaired) electrons. The molecule has 0 heterocycles. The second-order valence-corrected chi connectivity index (χ2v) is 3.19. The largest absolute Gasteiger partial charge is 0.384 e. The van der Waals surface area contributed by atoms with E-state index in [0.29, 0.717) is 12.3 Å². The summed E-state index contributed by atoms with van der Waals surface area (Å²) in [6.45, 7) is 4.49. The highest BCUT2D eigenvalue weighted by Crippen LogP contribution is 1.91. The molecular formula is C9H20N2O2. The summed E-state index contributed by atoms with van der Waals surface area (Å²) < 4.78 is 4.98. The Morgan fingerprint density at radius 3 is 2.77 bits per heavy atom. The van der Waals surface area contributed by atoms with Crippen molar-refractivity contribution in [3.8, 4) is 0 Å². The Hall–Kier alpha value is -0.610. The molecule has 0 saturated heterocycles.